The van der Waals surface area contributed by atoms with E-state index in [4.69, 9.17) is 0 Å². The monoisotopic (exact) mass is 348 g/mol. The lowest BCUT2D eigenvalue weighted by Gasteiger charge is -2.23. The van der Waals surface area contributed by atoms with Crippen LogP contribution in [0.5, 0.6) is 0 Å². The maximum absolute atomic E-state index is 12.2. The number of carbonyl (C=O) groups is 2. The van der Waals surface area contributed by atoms with Crippen LogP contribution >= 0.6 is 0 Å². The number of nitrogens with zero attached hydrogens (tertiary/aromatic N) is 2. The van der Waals surface area contributed by atoms with Gasteiger partial charge in [0, 0.05) is 39.6 Å². The fourth-order valence-electron chi connectivity index (χ4n) is 2.71. The minimum absolute atomic E-state index is 0.173. The SMILES string of the molecule is CCCc1c(NC(=O)N(C)C)cc(NC(=O)N(C)C)c(C)c1CCC. The molecule has 0 saturated carbocycles. The summed E-state index contributed by atoms with van der Waals surface area (Å²) < 4.78 is 0. The van der Waals surface area contributed by atoms with Crippen molar-refractivity contribution in [1.29, 1.82) is 0 Å². The van der Waals surface area contributed by atoms with Crippen LogP contribution in [0, 0.1) is 6.92 Å². The normalized spacial score (nSPS) is 10.4. The third-order valence-electron chi connectivity index (χ3n) is 4.13. The third kappa shape index (κ3) is 5.37. The Kier molecular flexibility index (Phi) is 7.74. The molecule has 0 aliphatic rings. The summed E-state index contributed by atoms with van der Waals surface area (Å²) in [4.78, 5) is 27.3. The Balaban J connectivity index is 3.45. The molecule has 6 heteroatoms. The summed E-state index contributed by atoms with van der Waals surface area (Å²) in [5.74, 6) is 0. The van der Waals surface area contributed by atoms with Crippen molar-refractivity contribution in [3.05, 3.63) is 22.8 Å². The van der Waals surface area contributed by atoms with Gasteiger partial charge >= 0.3 is 12.1 Å². The Morgan fingerprint density at radius 2 is 1.28 bits per heavy atom. The molecule has 0 heterocycles. The second kappa shape index (κ2) is 9.30. The first kappa shape index (κ1) is 20.8. The topological polar surface area (TPSA) is 64.7 Å². The number of anilines is 2. The zero-order valence-electron chi connectivity index (χ0n) is 16.6. The summed E-state index contributed by atoms with van der Waals surface area (Å²) in [6.45, 7) is 6.30. The Morgan fingerprint density at radius 1 is 0.840 bits per heavy atom. The minimum Gasteiger partial charge on any atom is -0.331 e. The molecule has 0 fully saturated rings. The van der Waals surface area contributed by atoms with Crippen molar-refractivity contribution >= 4 is 23.4 Å². The molecule has 1 aromatic carbocycles. The quantitative estimate of drug-likeness (QED) is 0.813. The maximum atomic E-state index is 12.2. The van der Waals surface area contributed by atoms with E-state index in [-0.39, 0.29) is 12.1 Å². The van der Waals surface area contributed by atoms with Crippen molar-refractivity contribution in [2.45, 2.75) is 46.5 Å². The highest BCUT2D eigenvalue weighted by molar-refractivity contribution is 5.94. The van der Waals surface area contributed by atoms with E-state index in [0.717, 1.165) is 42.6 Å². The van der Waals surface area contributed by atoms with Crippen LogP contribution in [0.3, 0.4) is 0 Å². The van der Waals surface area contributed by atoms with Gasteiger partial charge in [0.2, 0.25) is 0 Å². The first-order valence-electron chi connectivity index (χ1n) is 8.84. The van der Waals surface area contributed by atoms with E-state index < -0.39 is 0 Å². The van der Waals surface area contributed by atoms with Gasteiger partial charge in [-0.25, -0.2) is 9.59 Å². The van der Waals surface area contributed by atoms with Crippen LogP contribution < -0.4 is 10.6 Å². The van der Waals surface area contributed by atoms with E-state index in [1.165, 1.54) is 20.9 Å². The predicted octanol–water partition coefficient (Wildman–Crippen LogP) is 4.09. The third-order valence-corrected chi connectivity index (χ3v) is 4.13. The van der Waals surface area contributed by atoms with Gasteiger partial charge in [-0.1, -0.05) is 26.7 Å². The van der Waals surface area contributed by atoms with Crippen LogP contribution in [0.25, 0.3) is 0 Å². The van der Waals surface area contributed by atoms with Gasteiger partial charge in [-0.2, -0.15) is 0 Å². The van der Waals surface area contributed by atoms with Crippen LogP contribution in [0.15, 0.2) is 6.07 Å². The molecule has 2 N–H and O–H groups in total. The van der Waals surface area contributed by atoms with Crippen LogP contribution in [-0.2, 0) is 12.8 Å². The lowest BCUT2D eigenvalue weighted by Crippen LogP contribution is -2.29. The highest BCUT2D eigenvalue weighted by atomic mass is 16.2. The van der Waals surface area contributed by atoms with Crippen molar-refractivity contribution in [3.8, 4) is 0 Å². The first-order chi connectivity index (χ1) is 11.7. The zero-order chi connectivity index (χ0) is 19.1. The molecule has 0 atom stereocenters. The smallest absolute Gasteiger partial charge is 0.321 e. The van der Waals surface area contributed by atoms with Crippen LogP contribution in [-0.4, -0.2) is 50.1 Å². The number of carbonyl (C=O) groups excluding carboxylic acids is 2. The molecule has 140 valence electrons. The van der Waals surface area contributed by atoms with Crippen molar-refractivity contribution in [1.82, 2.24) is 9.80 Å². The van der Waals surface area contributed by atoms with Gasteiger partial charge in [0.15, 0.2) is 0 Å². The van der Waals surface area contributed by atoms with Gasteiger partial charge in [-0.15, -0.1) is 0 Å². The molecule has 0 aromatic heterocycles. The fraction of sp³-hybridized carbons (Fsp3) is 0.579. The van der Waals surface area contributed by atoms with E-state index in [9.17, 15) is 9.59 Å². The Hall–Kier alpha value is -2.24. The Labute approximate surface area is 151 Å². The number of nitrogens with one attached hydrogen (secondary N) is 2. The standard InChI is InChI=1S/C19H32N4O2/c1-8-10-14-13(3)16(20-18(24)22(4)5)12-17(15(14)11-9-2)21-19(25)23(6)7/h12H,8-11H2,1-7H3,(H,20,24)(H,21,25). The van der Waals surface area contributed by atoms with Crippen LogP contribution in [0.1, 0.15) is 43.4 Å². The lowest BCUT2D eigenvalue weighted by molar-refractivity contribution is 0.230. The molecule has 0 unspecified atom stereocenters. The molecule has 0 radical (unpaired) electrons. The van der Waals surface area contributed by atoms with E-state index >= 15 is 0 Å². The Bertz CT molecular complexity index is 624. The molecular weight excluding hydrogens is 316 g/mol. The molecule has 25 heavy (non-hydrogen) atoms. The number of rotatable bonds is 6. The molecule has 1 aromatic rings. The second-order valence-corrected chi connectivity index (χ2v) is 6.70. The summed E-state index contributed by atoms with van der Waals surface area (Å²) in [6.07, 6.45) is 3.80. The number of hydrogen-bond acceptors (Lipinski definition) is 2. The molecule has 0 bridgehead atoms. The molecule has 4 amide bonds. The van der Waals surface area contributed by atoms with Gasteiger partial charge in [-0.3, -0.25) is 0 Å². The van der Waals surface area contributed by atoms with Crippen molar-refractivity contribution in [2.24, 2.45) is 0 Å². The molecular formula is C19H32N4O2. The molecule has 0 saturated heterocycles. The van der Waals surface area contributed by atoms with Crippen LogP contribution in [0.4, 0.5) is 21.0 Å². The van der Waals surface area contributed by atoms with E-state index in [0.29, 0.717) is 0 Å². The maximum Gasteiger partial charge on any atom is 0.321 e. The predicted molar refractivity (Wildman–Crippen MR) is 105 cm³/mol. The number of urea groups is 2. The highest BCUT2D eigenvalue weighted by Crippen LogP contribution is 2.32. The molecule has 1 rings (SSSR count). The summed E-state index contributed by atoms with van der Waals surface area (Å²) in [6, 6.07) is 1.52. The van der Waals surface area contributed by atoms with Gasteiger partial charge < -0.3 is 20.4 Å². The molecule has 0 spiro atoms. The average Bonchev–Trinajstić information content (AvgIpc) is 2.54. The Morgan fingerprint density at radius 3 is 1.72 bits per heavy atom. The number of hydrogen-bond donors (Lipinski definition) is 2. The minimum atomic E-state index is -0.182. The average molecular weight is 348 g/mol. The van der Waals surface area contributed by atoms with E-state index in [1.807, 2.05) is 13.0 Å². The fourth-order valence-corrected chi connectivity index (χ4v) is 2.71. The summed E-state index contributed by atoms with van der Waals surface area (Å²) >= 11 is 0. The second-order valence-electron chi connectivity index (χ2n) is 6.70. The molecule has 6 nitrogen and oxygen atoms in total. The number of benzene rings is 1. The molecule has 0 aliphatic carbocycles. The van der Waals surface area contributed by atoms with Gasteiger partial charge in [0.25, 0.3) is 0 Å². The van der Waals surface area contributed by atoms with Crippen molar-refractivity contribution < 1.29 is 9.59 Å². The first-order valence-corrected chi connectivity index (χ1v) is 8.84. The summed E-state index contributed by atoms with van der Waals surface area (Å²) in [5.41, 5.74) is 4.98. The summed E-state index contributed by atoms with van der Waals surface area (Å²) in [7, 11) is 6.84. The largest absolute Gasteiger partial charge is 0.331 e. The van der Waals surface area contributed by atoms with Gasteiger partial charge in [-0.05, 0) is 42.5 Å². The van der Waals surface area contributed by atoms with Crippen molar-refractivity contribution in [2.75, 3.05) is 38.8 Å². The zero-order valence-corrected chi connectivity index (χ0v) is 16.6. The lowest BCUT2D eigenvalue weighted by atomic mass is 9.92. The molecule has 0 aliphatic heterocycles. The van der Waals surface area contributed by atoms with Gasteiger partial charge in [0.1, 0.15) is 0 Å². The van der Waals surface area contributed by atoms with Crippen LogP contribution in [0.2, 0.25) is 0 Å². The van der Waals surface area contributed by atoms with E-state index in [2.05, 4.69) is 24.5 Å². The van der Waals surface area contributed by atoms with Gasteiger partial charge in [0.05, 0.1) is 0 Å². The number of amides is 4. The summed E-state index contributed by atoms with van der Waals surface area (Å²) in [5, 5.41) is 5.93. The van der Waals surface area contributed by atoms with E-state index in [1.54, 1.807) is 28.2 Å². The van der Waals surface area contributed by atoms with Crippen molar-refractivity contribution in [3.63, 3.8) is 0 Å². The highest BCUT2D eigenvalue weighted by Gasteiger charge is 2.18.